The van der Waals surface area contributed by atoms with E-state index in [-0.39, 0.29) is 43.9 Å². The molecule has 66 heavy (non-hydrogen) atoms. The standard InChI is InChI=1S/C29H46O4.C22H38O3.C7H8O/c1-2-3-4-5-6-7-8-9-10-11-12-13-14-15-16-20-23-27(29(31)32)24-28(30)33-25-26-21-18-17-19-22-26;1-2-3-4-5-6-7-8-9-10-11-12-13-14-15-16-17-18-20-19-21(23)25-22(20)24;8-6-7-4-2-1-3-5-7/h16-22,27H,2-15,23-25H2,1H3,(H,31,32);16-17,20H,2-15,18-19H2,1H3;1-5,8H,6H2/b20-16+;17-16+;. The number of aliphatic carboxylic acids is 1. The first kappa shape index (κ1) is 60.0. The first-order chi connectivity index (χ1) is 32.3. The van der Waals surface area contributed by atoms with Crippen LogP contribution in [0.2, 0.25) is 0 Å². The number of allylic oxidation sites excluding steroid dienone is 4. The summed E-state index contributed by atoms with van der Waals surface area (Å²) in [5.74, 6) is -3.10. The van der Waals surface area contributed by atoms with Gasteiger partial charge in [0.05, 0.1) is 31.3 Å². The van der Waals surface area contributed by atoms with Gasteiger partial charge in [0, 0.05) is 0 Å². The molecule has 2 aromatic carbocycles. The summed E-state index contributed by atoms with van der Waals surface area (Å²) in [4.78, 5) is 45.7. The average Bonchev–Trinajstić information content (AvgIpc) is 3.66. The maximum absolute atomic E-state index is 12.0. The molecule has 1 saturated heterocycles. The molecular formula is C58H92O8. The van der Waals surface area contributed by atoms with E-state index in [0.717, 1.165) is 30.4 Å². The molecule has 1 aliphatic heterocycles. The number of hydrogen-bond acceptors (Lipinski definition) is 7. The number of benzene rings is 2. The summed E-state index contributed by atoms with van der Waals surface area (Å²) in [6, 6.07) is 18.9. The van der Waals surface area contributed by atoms with Crippen LogP contribution in [-0.2, 0) is 41.9 Å². The number of rotatable bonds is 38. The van der Waals surface area contributed by atoms with E-state index in [1.807, 2.05) is 72.8 Å². The van der Waals surface area contributed by atoms with Gasteiger partial charge in [0.2, 0.25) is 0 Å². The number of cyclic esters (lactones) is 2. The van der Waals surface area contributed by atoms with Crippen molar-refractivity contribution >= 4 is 23.9 Å². The maximum Gasteiger partial charge on any atom is 0.317 e. The molecule has 0 amide bonds. The third-order valence-electron chi connectivity index (χ3n) is 12.1. The fourth-order valence-corrected chi connectivity index (χ4v) is 7.87. The predicted octanol–water partition coefficient (Wildman–Crippen LogP) is 15.9. The van der Waals surface area contributed by atoms with E-state index in [0.29, 0.717) is 12.8 Å². The quantitative estimate of drug-likeness (QED) is 0.0295. The number of hydrogen-bond donors (Lipinski definition) is 2. The molecular weight excluding hydrogens is 825 g/mol. The van der Waals surface area contributed by atoms with Crippen LogP contribution in [0.3, 0.4) is 0 Å². The molecule has 0 aliphatic carbocycles. The van der Waals surface area contributed by atoms with Gasteiger partial charge in [0.1, 0.15) is 6.61 Å². The van der Waals surface area contributed by atoms with Crippen LogP contribution in [0.1, 0.15) is 230 Å². The van der Waals surface area contributed by atoms with Crippen molar-refractivity contribution < 1.29 is 38.9 Å². The molecule has 8 nitrogen and oxygen atoms in total. The van der Waals surface area contributed by atoms with Gasteiger partial charge in [-0.15, -0.1) is 0 Å². The molecule has 3 rings (SSSR count). The van der Waals surface area contributed by atoms with Crippen LogP contribution in [0, 0.1) is 11.8 Å². The zero-order chi connectivity index (χ0) is 48.0. The molecule has 0 saturated carbocycles. The van der Waals surface area contributed by atoms with Crippen LogP contribution in [0.5, 0.6) is 0 Å². The number of unbranched alkanes of at least 4 members (excludes halogenated alkanes) is 26. The smallest absolute Gasteiger partial charge is 0.317 e. The summed E-state index contributed by atoms with van der Waals surface area (Å²) >= 11 is 0. The van der Waals surface area contributed by atoms with E-state index >= 15 is 0 Å². The summed E-state index contributed by atoms with van der Waals surface area (Å²) < 4.78 is 9.76. The fraction of sp³-hybridized carbons (Fsp3) is 0.655. The molecule has 0 aromatic heterocycles. The van der Waals surface area contributed by atoms with Gasteiger partial charge in [-0.05, 0) is 49.7 Å². The van der Waals surface area contributed by atoms with Crippen molar-refractivity contribution in [2.24, 2.45) is 11.8 Å². The monoisotopic (exact) mass is 917 g/mol. The van der Waals surface area contributed by atoms with E-state index < -0.39 is 17.9 Å². The Morgan fingerprint density at radius 1 is 0.591 bits per heavy atom. The topological polar surface area (TPSA) is 127 Å². The van der Waals surface area contributed by atoms with E-state index in [2.05, 4.69) is 30.7 Å². The Labute approximate surface area is 401 Å². The first-order valence-electron chi connectivity index (χ1n) is 26.4. The molecule has 0 spiro atoms. The molecule has 1 fully saturated rings. The molecule has 1 heterocycles. The summed E-state index contributed by atoms with van der Waals surface area (Å²) in [5, 5.41) is 17.9. The minimum atomic E-state index is -0.947. The molecule has 0 radical (unpaired) electrons. The molecule has 2 N–H and O–H groups in total. The second-order valence-corrected chi connectivity index (χ2v) is 18.2. The molecule has 2 atom stereocenters. The summed E-state index contributed by atoms with van der Waals surface area (Å²) in [7, 11) is 0. The van der Waals surface area contributed by atoms with Gasteiger partial charge in [-0.1, -0.05) is 253 Å². The number of esters is 3. The SMILES string of the molecule is CCCCCCCCCCCCCCC/C=C/CC(CC(=O)OCc1ccccc1)C(=O)O.CCCCCCCCCCCCCCC/C=C/CC1CC(=O)OC1=O.OCc1ccccc1. The Morgan fingerprint density at radius 3 is 1.38 bits per heavy atom. The van der Waals surface area contributed by atoms with Crippen molar-refractivity contribution in [3.8, 4) is 0 Å². The lowest BCUT2D eigenvalue weighted by molar-refractivity contribution is -0.153. The van der Waals surface area contributed by atoms with Crippen LogP contribution in [0.25, 0.3) is 0 Å². The Morgan fingerprint density at radius 2 is 1.00 bits per heavy atom. The van der Waals surface area contributed by atoms with Gasteiger partial charge < -0.3 is 19.7 Å². The van der Waals surface area contributed by atoms with Gasteiger partial charge in [-0.25, -0.2) is 0 Å². The summed E-state index contributed by atoms with van der Waals surface area (Å²) in [6.07, 6.45) is 46.7. The molecule has 0 bridgehead atoms. The minimum Gasteiger partial charge on any atom is -0.481 e. The molecule has 8 heteroatoms. The van der Waals surface area contributed by atoms with Gasteiger partial charge in [0.15, 0.2) is 0 Å². The van der Waals surface area contributed by atoms with E-state index in [1.54, 1.807) is 0 Å². The van der Waals surface area contributed by atoms with Gasteiger partial charge in [0.25, 0.3) is 0 Å². The Hall–Kier alpha value is -4.04. The van der Waals surface area contributed by atoms with Crippen molar-refractivity contribution in [3.63, 3.8) is 0 Å². The van der Waals surface area contributed by atoms with Crippen LogP contribution in [0.15, 0.2) is 85.0 Å². The highest BCUT2D eigenvalue weighted by Gasteiger charge is 2.32. The van der Waals surface area contributed by atoms with E-state index in [9.17, 15) is 24.3 Å². The highest BCUT2D eigenvalue weighted by molar-refractivity contribution is 5.94. The number of aliphatic hydroxyl groups excluding tert-OH is 1. The Balaban J connectivity index is 0.000000577. The number of carboxylic acid groups (broad SMARTS) is 1. The molecule has 372 valence electrons. The number of carbonyl (C=O) groups excluding carboxylic acids is 3. The minimum absolute atomic E-state index is 0.0920. The lowest BCUT2D eigenvalue weighted by Gasteiger charge is -2.10. The van der Waals surface area contributed by atoms with Crippen LogP contribution < -0.4 is 0 Å². The summed E-state index contributed by atoms with van der Waals surface area (Å²) in [6.45, 7) is 4.86. The van der Waals surface area contributed by atoms with Crippen LogP contribution in [0.4, 0.5) is 0 Å². The number of ether oxygens (including phenoxy) is 2. The normalized spacial score (nSPS) is 13.8. The molecule has 2 aromatic rings. The van der Waals surface area contributed by atoms with Gasteiger partial charge in [-0.3, -0.25) is 19.2 Å². The maximum atomic E-state index is 12.0. The lowest BCUT2D eigenvalue weighted by atomic mass is 10.0. The largest absolute Gasteiger partial charge is 0.481 e. The predicted molar refractivity (Wildman–Crippen MR) is 272 cm³/mol. The van der Waals surface area contributed by atoms with Crippen LogP contribution >= 0.6 is 0 Å². The van der Waals surface area contributed by atoms with Crippen LogP contribution in [-0.4, -0.2) is 34.1 Å². The number of carboxylic acids is 1. The first-order valence-corrected chi connectivity index (χ1v) is 26.4. The fourth-order valence-electron chi connectivity index (χ4n) is 7.87. The second kappa shape index (κ2) is 44.8. The summed E-state index contributed by atoms with van der Waals surface area (Å²) in [5.41, 5.74) is 1.86. The highest BCUT2D eigenvalue weighted by atomic mass is 16.6. The van der Waals surface area contributed by atoms with E-state index in [4.69, 9.17) is 9.84 Å². The van der Waals surface area contributed by atoms with Gasteiger partial charge >= 0.3 is 23.9 Å². The molecule has 1 aliphatic rings. The van der Waals surface area contributed by atoms with Crippen molar-refractivity contribution in [1.82, 2.24) is 0 Å². The Bertz CT molecular complexity index is 1500. The van der Waals surface area contributed by atoms with Crippen molar-refractivity contribution in [2.45, 2.75) is 233 Å². The van der Waals surface area contributed by atoms with Crippen molar-refractivity contribution in [2.75, 3.05) is 0 Å². The number of carbonyl (C=O) groups is 4. The lowest BCUT2D eigenvalue weighted by Crippen LogP contribution is -2.19. The zero-order valence-corrected chi connectivity index (χ0v) is 41.6. The Kier molecular flexibility index (Phi) is 40.7. The zero-order valence-electron chi connectivity index (χ0n) is 41.6. The third kappa shape index (κ3) is 37.1. The van der Waals surface area contributed by atoms with Gasteiger partial charge in [-0.2, -0.15) is 0 Å². The number of aliphatic hydroxyl groups is 1. The average molecular weight is 917 g/mol. The highest BCUT2D eigenvalue weighted by Crippen LogP contribution is 2.21. The van der Waals surface area contributed by atoms with Crippen molar-refractivity contribution in [3.05, 3.63) is 96.1 Å². The van der Waals surface area contributed by atoms with E-state index in [1.165, 1.54) is 161 Å². The van der Waals surface area contributed by atoms with Crippen molar-refractivity contribution in [1.29, 1.82) is 0 Å². The second-order valence-electron chi connectivity index (χ2n) is 18.2. The third-order valence-corrected chi connectivity index (χ3v) is 12.1. The molecule has 2 unspecified atom stereocenters.